The van der Waals surface area contributed by atoms with Crippen LogP contribution in [0.3, 0.4) is 0 Å². The van der Waals surface area contributed by atoms with Gasteiger partial charge >= 0.3 is 11.9 Å². The zero-order valence-corrected chi connectivity index (χ0v) is 18.8. The number of carbonyl (C=O) groups excluding carboxylic acids is 2. The van der Waals surface area contributed by atoms with E-state index in [1.807, 2.05) is 44.2 Å². The number of hydrogen-bond acceptors (Lipinski definition) is 7. The number of esters is 2. The summed E-state index contributed by atoms with van der Waals surface area (Å²) in [5.41, 5.74) is 3.25. The fraction of sp³-hybridized carbons (Fsp3) is 0.320. The third-order valence-corrected chi connectivity index (χ3v) is 4.82. The second-order valence-corrected chi connectivity index (χ2v) is 7.07. The van der Waals surface area contributed by atoms with Gasteiger partial charge in [-0.3, -0.25) is 14.6 Å². The Bertz CT molecular complexity index is 1110. The van der Waals surface area contributed by atoms with Crippen LogP contribution in [0.15, 0.2) is 42.7 Å². The van der Waals surface area contributed by atoms with Crippen LogP contribution in [0.2, 0.25) is 0 Å². The molecule has 0 spiro atoms. The molecular formula is C25H27NO6. The molecule has 7 nitrogen and oxygen atoms in total. The van der Waals surface area contributed by atoms with Gasteiger partial charge in [0.25, 0.3) is 0 Å². The molecule has 0 aliphatic rings. The van der Waals surface area contributed by atoms with Gasteiger partial charge in [0.2, 0.25) is 0 Å². The summed E-state index contributed by atoms with van der Waals surface area (Å²) < 4.78 is 22.3. The van der Waals surface area contributed by atoms with Gasteiger partial charge in [-0.2, -0.15) is 0 Å². The molecule has 2 aromatic carbocycles. The topological polar surface area (TPSA) is 84.0 Å². The van der Waals surface area contributed by atoms with E-state index in [4.69, 9.17) is 18.9 Å². The second-order valence-electron chi connectivity index (χ2n) is 7.07. The van der Waals surface area contributed by atoms with Crippen LogP contribution in [0.1, 0.15) is 38.8 Å². The second kappa shape index (κ2) is 10.6. The predicted octanol–water partition coefficient (Wildman–Crippen LogP) is 4.83. The van der Waals surface area contributed by atoms with Gasteiger partial charge in [-0.1, -0.05) is 0 Å². The molecule has 0 saturated heterocycles. The zero-order valence-electron chi connectivity index (χ0n) is 18.8. The summed E-state index contributed by atoms with van der Waals surface area (Å²) >= 11 is 0. The van der Waals surface area contributed by atoms with Gasteiger partial charge in [0.05, 0.1) is 13.2 Å². The van der Waals surface area contributed by atoms with Crippen molar-refractivity contribution in [2.45, 2.75) is 40.9 Å². The molecule has 168 valence electrons. The molecular weight excluding hydrogens is 410 g/mol. The number of fused-ring (bicyclic) bond motifs is 1. The fourth-order valence-corrected chi connectivity index (χ4v) is 3.54. The van der Waals surface area contributed by atoms with E-state index in [1.54, 1.807) is 12.4 Å². The average Bonchev–Trinajstić information content (AvgIpc) is 2.77. The molecule has 0 bridgehead atoms. The maximum absolute atomic E-state index is 11.6. The number of ether oxygens (including phenoxy) is 4. The molecule has 0 fully saturated rings. The summed E-state index contributed by atoms with van der Waals surface area (Å²) in [6.07, 6.45) is 3.40. The minimum atomic E-state index is -0.397. The highest BCUT2D eigenvalue weighted by Crippen LogP contribution is 2.41. The minimum Gasteiger partial charge on any atom is -0.490 e. The lowest BCUT2D eigenvalue weighted by Gasteiger charge is -2.20. The maximum Gasteiger partial charge on any atom is 0.302 e. The maximum atomic E-state index is 11.6. The summed E-state index contributed by atoms with van der Waals surface area (Å²) in [6, 6.07) is 9.56. The normalized spacial score (nSPS) is 10.6. The molecule has 0 atom stereocenters. The lowest BCUT2D eigenvalue weighted by molar-refractivity contribution is -0.143. The summed E-state index contributed by atoms with van der Waals surface area (Å²) in [6.45, 7) is 7.62. The summed E-state index contributed by atoms with van der Waals surface area (Å²) in [5, 5.41) is 1.79. The van der Waals surface area contributed by atoms with E-state index in [9.17, 15) is 9.59 Å². The first-order chi connectivity index (χ1) is 15.4. The van der Waals surface area contributed by atoms with Crippen molar-refractivity contribution in [2.75, 3.05) is 13.2 Å². The Morgan fingerprint density at radius 1 is 0.844 bits per heavy atom. The molecule has 32 heavy (non-hydrogen) atoms. The highest BCUT2D eigenvalue weighted by Gasteiger charge is 2.20. The molecule has 0 unspecified atom stereocenters. The van der Waals surface area contributed by atoms with Crippen LogP contribution in [0, 0.1) is 0 Å². The number of carbonyl (C=O) groups is 2. The van der Waals surface area contributed by atoms with Gasteiger partial charge in [-0.25, -0.2) is 0 Å². The third-order valence-electron chi connectivity index (χ3n) is 4.82. The fourth-order valence-electron chi connectivity index (χ4n) is 3.54. The lowest BCUT2D eigenvalue weighted by Crippen LogP contribution is -2.08. The number of nitrogens with zero attached hydrogens (tertiary/aromatic N) is 1. The van der Waals surface area contributed by atoms with Crippen molar-refractivity contribution in [3.8, 4) is 22.6 Å². The highest BCUT2D eigenvalue weighted by molar-refractivity contribution is 6.01. The molecule has 0 amide bonds. The first kappa shape index (κ1) is 23.1. The summed E-state index contributed by atoms with van der Waals surface area (Å²) in [4.78, 5) is 27.2. The van der Waals surface area contributed by atoms with Crippen LogP contribution in [0.25, 0.3) is 21.9 Å². The Hall–Kier alpha value is -3.61. The molecule has 0 aliphatic heterocycles. The van der Waals surface area contributed by atoms with Crippen molar-refractivity contribution >= 4 is 22.7 Å². The summed E-state index contributed by atoms with van der Waals surface area (Å²) in [5.74, 6) is 0.471. The third kappa shape index (κ3) is 5.35. The van der Waals surface area contributed by atoms with Crippen LogP contribution in [-0.2, 0) is 32.3 Å². The molecule has 7 heteroatoms. The van der Waals surface area contributed by atoms with E-state index in [2.05, 4.69) is 4.98 Å². The Balaban J connectivity index is 2.34. The van der Waals surface area contributed by atoms with Crippen molar-refractivity contribution in [2.24, 2.45) is 0 Å². The average molecular weight is 437 g/mol. The van der Waals surface area contributed by atoms with Crippen LogP contribution >= 0.6 is 0 Å². The first-order valence-corrected chi connectivity index (χ1v) is 10.5. The number of pyridine rings is 1. The van der Waals surface area contributed by atoms with Gasteiger partial charge < -0.3 is 18.9 Å². The molecule has 0 N–H and O–H groups in total. The van der Waals surface area contributed by atoms with E-state index in [0.717, 1.165) is 33.0 Å². The SMILES string of the molecule is CCOc1cc2cc(COC(C)=O)c(COC(C)=O)c(-c3ccncc3)c2cc1OCC. The Kier molecular flexibility index (Phi) is 7.65. The molecule has 0 saturated carbocycles. The molecule has 0 radical (unpaired) electrons. The first-order valence-electron chi connectivity index (χ1n) is 10.5. The van der Waals surface area contributed by atoms with Crippen molar-refractivity contribution in [1.29, 1.82) is 0 Å². The zero-order chi connectivity index (χ0) is 23.1. The van der Waals surface area contributed by atoms with Gasteiger partial charge in [0.1, 0.15) is 13.2 Å². The van der Waals surface area contributed by atoms with Gasteiger partial charge in [-0.15, -0.1) is 0 Å². The molecule has 3 rings (SSSR count). The van der Waals surface area contributed by atoms with E-state index < -0.39 is 11.9 Å². The Morgan fingerprint density at radius 2 is 1.44 bits per heavy atom. The number of hydrogen-bond donors (Lipinski definition) is 0. The van der Waals surface area contributed by atoms with Crippen molar-refractivity contribution in [3.63, 3.8) is 0 Å². The van der Waals surface area contributed by atoms with Crippen LogP contribution in [0.5, 0.6) is 11.5 Å². The van der Waals surface area contributed by atoms with Crippen molar-refractivity contribution < 1.29 is 28.5 Å². The monoisotopic (exact) mass is 437 g/mol. The van der Waals surface area contributed by atoms with Crippen LogP contribution in [0.4, 0.5) is 0 Å². The Morgan fingerprint density at radius 3 is 2.03 bits per heavy atom. The van der Waals surface area contributed by atoms with E-state index in [1.165, 1.54) is 13.8 Å². The largest absolute Gasteiger partial charge is 0.490 e. The standard InChI is InChI=1S/C25H27NO6/c1-5-29-23-12-19-11-20(14-31-16(3)27)22(15-32-17(4)28)25(18-7-9-26-10-8-18)21(19)13-24(23)30-6-2/h7-13H,5-6,14-15H2,1-4H3. The van der Waals surface area contributed by atoms with E-state index >= 15 is 0 Å². The smallest absolute Gasteiger partial charge is 0.302 e. The number of aromatic nitrogens is 1. The highest BCUT2D eigenvalue weighted by atomic mass is 16.5. The van der Waals surface area contributed by atoms with Crippen molar-refractivity contribution in [1.82, 2.24) is 4.98 Å². The number of rotatable bonds is 9. The van der Waals surface area contributed by atoms with E-state index in [0.29, 0.717) is 24.7 Å². The van der Waals surface area contributed by atoms with Crippen LogP contribution < -0.4 is 9.47 Å². The predicted molar refractivity (Wildman–Crippen MR) is 120 cm³/mol. The number of benzene rings is 2. The van der Waals surface area contributed by atoms with Gasteiger partial charge in [0.15, 0.2) is 11.5 Å². The minimum absolute atomic E-state index is 0.0384. The Labute approximate surface area is 187 Å². The van der Waals surface area contributed by atoms with Crippen molar-refractivity contribution in [3.05, 3.63) is 53.9 Å². The van der Waals surface area contributed by atoms with Gasteiger partial charge in [0, 0.05) is 31.8 Å². The quantitative estimate of drug-likeness (QED) is 0.444. The van der Waals surface area contributed by atoms with Gasteiger partial charge in [-0.05, 0) is 71.6 Å². The lowest BCUT2D eigenvalue weighted by atomic mass is 9.90. The molecule has 3 aromatic rings. The van der Waals surface area contributed by atoms with Crippen LogP contribution in [-0.4, -0.2) is 30.1 Å². The molecule has 0 aliphatic carbocycles. The van der Waals surface area contributed by atoms with E-state index in [-0.39, 0.29) is 13.2 Å². The molecule has 1 heterocycles. The molecule has 1 aromatic heterocycles. The summed E-state index contributed by atoms with van der Waals surface area (Å²) in [7, 11) is 0.